The molecule has 0 amide bonds. The molecule has 0 atom stereocenters. The molecule has 2 aromatic carbocycles. The van der Waals surface area contributed by atoms with Crippen molar-refractivity contribution in [2.24, 2.45) is 10.2 Å². The molecule has 0 aliphatic rings. The fourth-order valence-corrected chi connectivity index (χ4v) is 3.76. The van der Waals surface area contributed by atoms with Gasteiger partial charge < -0.3 is 22.2 Å². The second-order valence-electron chi connectivity index (χ2n) is 8.80. The van der Waals surface area contributed by atoms with E-state index in [0.717, 1.165) is 17.0 Å². The second-order valence-corrected chi connectivity index (χ2v) is 8.80. The Morgan fingerprint density at radius 2 is 1.15 bits per heavy atom. The SMILES string of the molecule is Cc1cc(N(C)C)cc(C)c1C=Nn1cc[n+](N=Cc2c(C)cc(N(C)C)cc2C)c1C.[Cl-]. The maximum atomic E-state index is 4.69. The van der Waals surface area contributed by atoms with Crippen LogP contribution in [0.4, 0.5) is 11.4 Å². The molecular formula is C26H35ClN6. The van der Waals surface area contributed by atoms with Gasteiger partial charge in [-0.2, -0.15) is 0 Å². The maximum Gasteiger partial charge on any atom is 0.304 e. The molecule has 176 valence electrons. The highest BCUT2D eigenvalue weighted by Crippen LogP contribution is 2.21. The van der Waals surface area contributed by atoms with Crippen LogP contribution in [0.25, 0.3) is 0 Å². The summed E-state index contributed by atoms with van der Waals surface area (Å²) >= 11 is 0. The van der Waals surface area contributed by atoms with Gasteiger partial charge in [0.05, 0.1) is 12.4 Å². The lowest BCUT2D eigenvalue weighted by molar-refractivity contribution is -0.684. The third-order valence-corrected chi connectivity index (χ3v) is 5.82. The number of hydrogen-bond donors (Lipinski definition) is 0. The van der Waals surface area contributed by atoms with Crippen LogP contribution in [0.1, 0.15) is 39.2 Å². The van der Waals surface area contributed by atoms with Crippen molar-refractivity contribution >= 4 is 23.8 Å². The summed E-state index contributed by atoms with van der Waals surface area (Å²) in [7, 11) is 8.24. The second kappa shape index (κ2) is 10.7. The summed E-state index contributed by atoms with van der Waals surface area (Å²) in [6, 6.07) is 8.75. The first-order valence-corrected chi connectivity index (χ1v) is 10.8. The topological polar surface area (TPSA) is 40.0 Å². The minimum Gasteiger partial charge on any atom is -1.00 e. The highest BCUT2D eigenvalue weighted by atomic mass is 35.5. The van der Waals surface area contributed by atoms with Gasteiger partial charge in [0.15, 0.2) is 12.4 Å². The molecule has 0 bridgehead atoms. The average Bonchev–Trinajstić information content (AvgIpc) is 3.06. The molecule has 0 aliphatic heterocycles. The number of nitrogens with zero attached hydrogens (tertiary/aromatic N) is 6. The highest BCUT2D eigenvalue weighted by molar-refractivity contribution is 5.85. The number of aryl methyl sites for hydroxylation is 4. The van der Waals surface area contributed by atoms with Crippen LogP contribution in [0, 0.1) is 34.6 Å². The van der Waals surface area contributed by atoms with Crippen molar-refractivity contribution in [1.29, 1.82) is 0 Å². The quantitative estimate of drug-likeness (QED) is 0.405. The van der Waals surface area contributed by atoms with Crippen LogP contribution in [-0.4, -0.2) is 45.3 Å². The molecular weight excluding hydrogens is 432 g/mol. The Kier molecular flexibility index (Phi) is 8.45. The largest absolute Gasteiger partial charge is 1.00 e. The first-order valence-electron chi connectivity index (χ1n) is 10.8. The third kappa shape index (κ3) is 5.82. The molecule has 0 spiro atoms. The molecule has 0 radical (unpaired) electrons. The molecule has 3 aromatic rings. The Morgan fingerprint density at radius 3 is 1.58 bits per heavy atom. The zero-order valence-corrected chi connectivity index (χ0v) is 21.9. The van der Waals surface area contributed by atoms with Gasteiger partial charge in [0.2, 0.25) is 0 Å². The van der Waals surface area contributed by atoms with E-state index < -0.39 is 0 Å². The van der Waals surface area contributed by atoms with Gasteiger partial charge in [-0.05, 0) is 74.2 Å². The summed E-state index contributed by atoms with van der Waals surface area (Å²) in [4.78, 5) is 4.24. The molecule has 7 heteroatoms. The summed E-state index contributed by atoms with van der Waals surface area (Å²) in [6.45, 7) is 10.5. The lowest BCUT2D eigenvalue weighted by atomic mass is 10.0. The van der Waals surface area contributed by atoms with E-state index in [0.29, 0.717) is 0 Å². The van der Waals surface area contributed by atoms with E-state index in [1.165, 1.54) is 33.6 Å². The molecule has 6 nitrogen and oxygen atoms in total. The Balaban J connectivity index is 0.00000385. The van der Waals surface area contributed by atoms with Crippen molar-refractivity contribution in [3.8, 4) is 0 Å². The van der Waals surface area contributed by atoms with Crippen molar-refractivity contribution < 1.29 is 17.1 Å². The molecule has 33 heavy (non-hydrogen) atoms. The number of rotatable bonds is 6. The molecule has 1 aromatic heterocycles. The van der Waals surface area contributed by atoms with Gasteiger partial charge in [0, 0.05) is 57.6 Å². The number of hydrogen-bond acceptors (Lipinski definition) is 4. The van der Waals surface area contributed by atoms with E-state index in [4.69, 9.17) is 10.2 Å². The van der Waals surface area contributed by atoms with Crippen molar-refractivity contribution in [1.82, 2.24) is 4.68 Å². The lowest BCUT2D eigenvalue weighted by Gasteiger charge is -2.16. The van der Waals surface area contributed by atoms with Gasteiger partial charge in [0.1, 0.15) is 0 Å². The zero-order valence-electron chi connectivity index (χ0n) is 21.2. The standard InChI is InChI=1S/C26H35N6.ClH/c1-18-12-23(29(6)7)13-19(2)25(18)16-27-31-10-11-32(22(31)5)28-17-26-20(3)14-24(30(8)9)15-21(26)4;/h10-17H,1-9H3;1H/q+1;/p-1. The number of anilines is 2. The van der Waals surface area contributed by atoms with Crippen molar-refractivity contribution in [3.05, 3.63) is 75.9 Å². The molecule has 3 rings (SSSR count). The number of aromatic nitrogens is 2. The molecule has 0 aliphatic carbocycles. The molecule has 0 saturated carbocycles. The Hall–Kier alpha value is -3.12. The fraction of sp³-hybridized carbons (Fsp3) is 0.346. The predicted octanol–water partition coefficient (Wildman–Crippen LogP) is 1.22. The number of halogens is 1. The Morgan fingerprint density at radius 1 is 0.727 bits per heavy atom. The minimum absolute atomic E-state index is 0. The number of benzene rings is 2. The zero-order chi connectivity index (χ0) is 23.6. The van der Waals surface area contributed by atoms with E-state index in [-0.39, 0.29) is 12.4 Å². The Bertz CT molecular complexity index is 1050. The minimum atomic E-state index is 0. The lowest BCUT2D eigenvalue weighted by Crippen LogP contribution is -3.00. The van der Waals surface area contributed by atoms with Crippen molar-refractivity contribution in [2.75, 3.05) is 38.0 Å². The van der Waals surface area contributed by atoms with Gasteiger partial charge in [-0.3, -0.25) is 0 Å². The van der Waals surface area contributed by atoms with E-state index in [1.807, 2.05) is 41.1 Å². The first-order chi connectivity index (χ1) is 15.1. The van der Waals surface area contributed by atoms with Gasteiger partial charge in [-0.25, -0.2) is 0 Å². The predicted molar refractivity (Wildman–Crippen MR) is 136 cm³/mol. The maximum absolute atomic E-state index is 4.69. The summed E-state index contributed by atoms with van der Waals surface area (Å²) in [6.07, 6.45) is 7.71. The molecule has 0 unspecified atom stereocenters. The van der Waals surface area contributed by atoms with Crippen LogP contribution in [0.5, 0.6) is 0 Å². The third-order valence-electron chi connectivity index (χ3n) is 5.82. The van der Waals surface area contributed by atoms with Gasteiger partial charge in [0.25, 0.3) is 0 Å². The Labute approximate surface area is 204 Å². The summed E-state index contributed by atoms with van der Waals surface area (Å²) < 4.78 is 3.70. The van der Waals surface area contributed by atoms with Gasteiger partial charge in [-0.1, -0.05) is 10.2 Å². The first kappa shape index (κ1) is 26.1. The van der Waals surface area contributed by atoms with Gasteiger partial charge >= 0.3 is 5.82 Å². The monoisotopic (exact) mass is 466 g/mol. The summed E-state index contributed by atoms with van der Waals surface area (Å²) in [5, 5.41) is 9.38. The molecule has 0 saturated heterocycles. The van der Waals surface area contributed by atoms with Crippen molar-refractivity contribution in [2.45, 2.75) is 34.6 Å². The summed E-state index contributed by atoms with van der Waals surface area (Å²) in [5.41, 5.74) is 9.52. The van der Waals surface area contributed by atoms with Crippen LogP contribution in [0.3, 0.4) is 0 Å². The molecule has 1 heterocycles. The smallest absolute Gasteiger partial charge is 0.304 e. The van der Waals surface area contributed by atoms with Crippen molar-refractivity contribution in [3.63, 3.8) is 0 Å². The van der Waals surface area contributed by atoms with E-state index >= 15 is 0 Å². The molecule has 0 N–H and O–H groups in total. The van der Waals surface area contributed by atoms with Crippen LogP contribution in [-0.2, 0) is 0 Å². The van der Waals surface area contributed by atoms with E-state index in [1.54, 1.807) is 0 Å². The van der Waals surface area contributed by atoms with E-state index in [9.17, 15) is 0 Å². The van der Waals surface area contributed by atoms with Crippen LogP contribution in [0.2, 0.25) is 0 Å². The average molecular weight is 467 g/mol. The normalized spacial score (nSPS) is 11.3. The number of imidazole rings is 1. The van der Waals surface area contributed by atoms with Crippen LogP contribution < -0.4 is 26.9 Å². The summed E-state index contributed by atoms with van der Waals surface area (Å²) in [5.74, 6) is 0.929. The molecule has 0 fully saturated rings. The van der Waals surface area contributed by atoms with Crippen LogP contribution in [0.15, 0.2) is 46.9 Å². The van der Waals surface area contributed by atoms with Crippen LogP contribution >= 0.6 is 0 Å². The highest BCUT2D eigenvalue weighted by Gasteiger charge is 2.12. The fourth-order valence-electron chi connectivity index (χ4n) is 3.76. The van der Waals surface area contributed by atoms with Gasteiger partial charge in [-0.15, -0.1) is 9.35 Å². The van der Waals surface area contributed by atoms with E-state index in [2.05, 4.69) is 90.0 Å².